The van der Waals surface area contributed by atoms with E-state index in [4.69, 9.17) is 19.4 Å². The largest absolute Gasteiger partial charge is 0.447 e. The van der Waals surface area contributed by atoms with Crippen LogP contribution >= 0.6 is 11.3 Å². The van der Waals surface area contributed by atoms with Crippen molar-refractivity contribution in [3.05, 3.63) is 47.2 Å². The highest BCUT2D eigenvalue weighted by Crippen LogP contribution is 2.45. The third-order valence-electron chi connectivity index (χ3n) is 4.76. The molecule has 0 aliphatic heterocycles. The summed E-state index contributed by atoms with van der Waals surface area (Å²) < 4.78 is 9.84. The van der Waals surface area contributed by atoms with Crippen LogP contribution in [0.4, 0.5) is 22.1 Å². The summed E-state index contributed by atoms with van der Waals surface area (Å²) in [4.78, 5) is 26.7. The van der Waals surface area contributed by atoms with Gasteiger partial charge in [-0.2, -0.15) is 0 Å². The van der Waals surface area contributed by atoms with Crippen LogP contribution in [0, 0.1) is 0 Å². The van der Waals surface area contributed by atoms with E-state index in [-0.39, 0.29) is 6.61 Å². The smallest absolute Gasteiger partial charge is 0.411 e. The number of methoxy groups -OCH3 is 1. The minimum absolute atomic E-state index is 0.206. The maximum atomic E-state index is 11.7. The van der Waals surface area contributed by atoms with Crippen LogP contribution in [0.15, 0.2) is 36.5 Å². The molecule has 1 aliphatic rings. The molecule has 0 unspecified atom stereocenters. The van der Waals surface area contributed by atoms with Crippen molar-refractivity contribution in [3.8, 4) is 10.6 Å². The summed E-state index contributed by atoms with van der Waals surface area (Å²) in [5, 5.41) is 7.04. The number of carbonyl (C=O) groups excluding carboxylic acids is 1. The van der Waals surface area contributed by atoms with Crippen molar-refractivity contribution in [3.63, 3.8) is 0 Å². The first-order valence-corrected chi connectivity index (χ1v) is 11.1. The minimum Gasteiger partial charge on any atom is -0.447 e. The Morgan fingerprint density at radius 2 is 1.90 bits per heavy atom. The van der Waals surface area contributed by atoms with Crippen molar-refractivity contribution in [2.24, 2.45) is 0 Å². The van der Waals surface area contributed by atoms with E-state index < -0.39 is 6.09 Å². The molecule has 1 aromatic carbocycles. The topological polar surface area (TPSA) is 98.3 Å². The zero-order chi connectivity index (χ0) is 21.6. The van der Waals surface area contributed by atoms with Crippen LogP contribution in [0.2, 0.25) is 0 Å². The fourth-order valence-corrected chi connectivity index (χ4v) is 4.09. The quantitative estimate of drug-likeness (QED) is 0.454. The lowest BCUT2D eigenvalue weighted by Gasteiger charge is -2.09. The van der Waals surface area contributed by atoms with Crippen LogP contribution in [-0.4, -0.2) is 41.4 Å². The Balaban J connectivity index is 1.42. The van der Waals surface area contributed by atoms with Gasteiger partial charge in [-0.1, -0.05) is 6.92 Å². The van der Waals surface area contributed by atoms with Gasteiger partial charge in [-0.25, -0.2) is 19.7 Å². The van der Waals surface area contributed by atoms with Gasteiger partial charge in [0.15, 0.2) is 0 Å². The number of benzene rings is 1. The molecule has 0 atom stereocenters. The van der Waals surface area contributed by atoms with Gasteiger partial charge >= 0.3 is 6.09 Å². The highest BCUT2D eigenvalue weighted by Gasteiger charge is 2.30. The first kappa shape index (κ1) is 21.2. The molecule has 2 aromatic heterocycles. The summed E-state index contributed by atoms with van der Waals surface area (Å²) in [5.41, 5.74) is 3.53. The normalized spacial score (nSPS) is 13.1. The molecule has 1 saturated carbocycles. The Morgan fingerprint density at radius 3 is 2.61 bits per heavy atom. The predicted molar refractivity (Wildman–Crippen MR) is 121 cm³/mol. The van der Waals surface area contributed by atoms with Crippen LogP contribution in [0.25, 0.3) is 10.6 Å². The van der Waals surface area contributed by atoms with Crippen LogP contribution in [-0.2, 0) is 15.9 Å². The molecule has 8 nitrogen and oxygen atoms in total. The van der Waals surface area contributed by atoms with Gasteiger partial charge in [0.05, 0.1) is 27.9 Å². The Labute approximate surface area is 185 Å². The highest BCUT2D eigenvalue weighted by molar-refractivity contribution is 7.15. The number of anilines is 3. The van der Waals surface area contributed by atoms with Crippen molar-refractivity contribution in [1.82, 2.24) is 15.0 Å². The molecule has 9 heteroatoms. The number of hydrogen-bond acceptors (Lipinski definition) is 8. The third kappa shape index (κ3) is 5.56. The van der Waals surface area contributed by atoms with E-state index in [0.29, 0.717) is 24.2 Å². The number of aryl methyl sites for hydroxylation is 1. The van der Waals surface area contributed by atoms with Crippen molar-refractivity contribution < 1.29 is 14.3 Å². The minimum atomic E-state index is -0.517. The SMILES string of the molecule is CCc1nc(C2CC2)c(-c2ccnc(Nc3ccc(NC(=O)OCCOC)cc3)n2)s1. The summed E-state index contributed by atoms with van der Waals surface area (Å²) in [6.07, 6.45) is 4.59. The molecule has 0 radical (unpaired) electrons. The zero-order valence-electron chi connectivity index (χ0n) is 17.6. The second-order valence-electron chi connectivity index (χ2n) is 7.17. The van der Waals surface area contributed by atoms with Gasteiger partial charge in [-0.05, 0) is 49.6 Å². The average Bonchev–Trinajstić information content (AvgIpc) is 3.54. The number of amides is 1. The molecule has 3 aromatic rings. The molecule has 1 amide bonds. The lowest BCUT2D eigenvalue weighted by molar-refractivity contribution is 0.107. The number of nitrogens with zero attached hydrogens (tertiary/aromatic N) is 3. The number of thiazole rings is 1. The van der Waals surface area contributed by atoms with E-state index in [1.807, 2.05) is 18.2 Å². The molecule has 0 saturated heterocycles. The Hall–Kier alpha value is -3.04. The monoisotopic (exact) mass is 439 g/mol. The summed E-state index contributed by atoms with van der Waals surface area (Å²) in [7, 11) is 1.55. The molecule has 0 spiro atoms. The molecule has 2 heterocycles. The number of hydrogen-bond donors (Lipinski definition) is 2. The standard InChI is InChI=1S/C22H25N5O3S/c1-3-18-27-19(14-4-5-14)20(31-18)17-10-11-23-21(26-17)24-15-6-8-16(9-7-15)25-22(28)30-13-12-29-2/h6-11,14H,3-5,12-13H2,1-2H3,(H,25,28)(H,23,24,26). The van der Waals surface area contributed by atoms with Crippen molar-refractivity contribution in [1.29, 1.82) is 0 Å². The maximum absolute atomic E-state index is 11.7. The number of aromatic nitrogens is 3. The van der Waals surface area contributed by atoms with E-state index in [0.717, 1.165) is 27.7 Å². The molecular weight excluding hydrogens is 414 g/mol. The van der Waals surface area contributed by atoms with Crippen molar-refractivity contribution in [2.75, 3.05) is 31.0 Å². The van der Waals surface area contributed by atoms with E-state index in [9.17, 15) is 4.79 Å². The lowest BCUT2D eigenvalue weighted by Crippen LogP contribution is -2.16. The molecule has 31 heavy (non-hydrogen) atoms. The zero-order valence-corrected chi connectivity index (χ0v) is 18.4. The number of nitrogens with one attached hydrogen (secondary N) is 2. The molecule has 0 bridgehead atoms. The predicted octanol–water partition coefficient (Wildman–Crippen LogP) is 4.98. The molecule has 1 fully saturated rings. The van der Waals surface area contributed by atoms with E-state index in [1.54, 1.807) is 36.8 Å². The third-order valence-corrected chi connectivity index (χ3v) is 6.00. The number of rotatable bonds is 9. The van der Waals surface area contributed by atoms with Gasteiger partial charge in [0.25, 0.3) is 0 Å². The van der Waals surface area contributed by atoms with Crippen LogP contribution in [0.1, 0.15) is 36.4 Å². The second-order valence-corrected chi connectivity index (χ2v) is 8.25. The average molecular weight is 440 g/mol. The Bertz CT molecular complexity index is 1030. The number of carbonyl (C=O) groups is 1. The summed E-state index contributed by atoms with van der Waals surface area (Å²) in [6.45, 7) is 2.69. The fraction of sp³-hybridized carbons (Fsp3) is 0.364. The van der Waals surface area contributed by atoms with E-state index in [2.05, 4.69) is 22.5 Å². The van der Waals surface area contributed by atoms with Gasteiger partial charge in [0.1, 0.15) is 6.61 Å². The number of ether oxygens (including phenoxy) is 2. The Kier molecular flexibility index (Phi) is 6.73. The van der Waals surface area contributed by atoms with Gasteiger partial charge in [0.2, 0.25) is 5.95 Å². The van der Waals surface area contributed by atoms with Crippen LogP contribution in [0.5, 0.6) is 0 Å². The molecule has 2 N–H and O–H groups in total. The molecule has 4 rings (SSSR count). The van der Waals surface area contributed by atoms with Crippen molar-refractivity contribution >= 4 is 34.8 Å². The first-order chi connectivity index (χ1) is 15.2. The van der Waals surface area contributed by atoms with Crippen LogP contribution in [0.3, 0.4) is 0 Å². The summed E-state index contributed by atoms with van der Waals surface area (Å²) in [6, 6.07) is 9.19. The van der Waals surface area contributed by atoms with Gasteiger partial charge < -0.3 is 14.8 Å². The maximum Gasteiger partial charge on any atom is 0.411 e. The summed E-state index contributed by atoms with van der Waals surface area (Å²) in [5.74, 6) is 1.09. The lowest BCUT2D eigenvalue weighted by atomic mass is 10.2. The van der Waals surface area contributed by atoms with Crippen LogP contribution < -0.4 is 10.6 Å². The molecule has 1 aliphatic carbocycles. The highest BCUT2D eigenvalue weighted by atomic mass is 32.1. The molecular formula is C22H25N5O3S. The van der Waals surface area contributed by atoms with E-state index >= 15 is 0 Å². The second kappa shape index (κ2) is 9.84. The molecule has 162 valence electrons. The van der Waals surface area contributed by atoms with Gasteiger partial charge in [-0.15, -0.1) is 11.3 Å². The van der Waals surface area contributed by atoms with Crippen molar-refractivity contribution in [2.45, 2.75) is 32.1 Å². The summed E-state index contributed by atoms with van der Waals surface area (Å²) >= 11 is 1.72. The van der Waals surface area contributed by atoms with Gasteiger partial charge in [0, 0.05) is 30.6 Å². The first-order valence-electron chi connectivity index (χ1n) is 10.3. The fourth-order valence-electron chi connectivity index (χ4n) is 3.03. The van der Waals surface area contributed by atoms with Gasteiger partial charge in [-0.3, -0.25) is 5.32 Å². The van der Waals surface area contributed by atoms with E-state index in [1.165, 1.54) is 18.5 Å². The Morgan fingerprint density at radius 1 is 1.13 bits per heavy atom.